The van der Waals surface area contributed by atoms with Crippen LogP contribution in [-0.2, 0) is 13.1 Å². The molecule has 6 heteroatoms. The molecule has 0 spiro atoms. The second-order valence-corrected chi connectivity index (χ2v) is 7.56. The largest absolute Gasteiger partial charge is 0.352 e. The van der Waals surface area contributed by atoms with Gasteiger partial charge in [0.15, 0.2) is 5.96 Å². The Morgan fingerprint density at radius 1 is 1.08 bits per heavy atom. The Balaban J connectivity index is 1.66. The summed E-state index contributed by atoms with van der Waals surface area (Å²) >= 11 is 7.69. The van der Waals surface area contributed by atoms with E-state index < -0.39 is 0 Å². The summed E-state index contributed by atoms with van der Waals surface area (Å²) < 4.78 is 0. The van der Waals surface area contributed by atoms with Gasteiger partial charge in [-0.2, -0.15) is 0 Å². The Bertz CT molecular complexity index is 887. The number of hydrogen-bond acceptors (Lipinski definition) is 3. The first-order valence-corrected chi connectivity index (χ1v) is 9.55. The third-order valence-electron chi connectivity index (χ3n) is 3.92. The van der Waals surface area contributed by atoms with Gasteiger partial charge in [0.05, 0.1) is 6.54 Å². The SMILES string of the molecule is CN=C(NCc1ncc(C)s1)NCc1ccccc1-c1ccc(Cl)cc1. The van der Waals surface area contributed by atoms with E-state index in [0.717, 1.165) is 21.6 Å². The minimum Gasteiger partial charge on any atom is -0.352 e. The van der Waals surface area contributed by atoms with Crippen LogP contribution in [0.1, 0.15) is 15.4 Å². The van der Waals surface area contributed by atoms with Gasteiger partial charge in [0.2, 0.25) is 0 Å². The number of halogens is 1. The van der Waals surface area contributed by atoms with Crippen molar-refractivity contribution in [3.63, 3.8) is 0 Å². The van der Waals surface area contributed by atoms with Crippen LogP contribution in [0.4, 0.5) is 0 Å². The predicted molar refractivity (Wildman–Crippen MR) is 111 cm³/mol. The molecule has 0 saturated heterocycles. The monoisotopic (exact) mass is 384 g/mol. The van der Waals surface area contributed by atoms with Crippen molar-refractivity contribution in [3.8, 4) is 11.1 Å². The third-order valence-corrected chi connectivity index (χ3v) is 5.08. The van der Waals surface area contributed by atoms with Crippen molar-refractivity contribution in [2.75, 3.05) is 7.05 Å². The maximum Gasteiger partial charge on any atom is 0.191 e. The maximum absolute atomic E-state index is 6.01. The van der Waals surface area contributed by atoms with Gasteiger partial charge in [-0.15, -0.1) is 11.3 Å². The smallest absolute Gasteiger partial charge is 0.191 e. The Morgan fingerprint density at radius 2 is 1.81 bits per heavy atom. The van der Waals surface area contributed by atoms with E-state index in [1.54, 1.807) is 18.4 Å². The van der Waals surface area contributed by atoms with Gasteiger partial charge < -0.3 is 10.6 Å². The number of aromatic nitrogens is 1. The molecule has 2 N–H and O–H groups in total. The minimum atomic E-state index is 0.664. The highest BCUT2D eigenvalue weighted by molar-refractivity contribution is 7.11. The lowest BCUT2D eigenvalue weighted by Crippen LogP contribution is -2.36. The molecular formula is C20H21ClN4S. The first-order valence-electron chi connectivity index (χ1n) is 8.35. The van der Waals surface area contributed by atoms with Gasteiger partial charge in [-0.05, 0) is 35.7 Å². The first-order chi connectivity index (χ1) is 12.7. The summed E-state index contributed by atoms with van der Waals surface area (Å²) in [5, 5.41) is 8.47. The van der Waals surface area contributed by atoms with Crippen LogP contribution in [0.15, 0.2) is 59.7 Å². The summed E-state index contributed by atoms with van der Waals surface area (Å²) in [6.45, 7) is 3.40. The zero-order valence-electron chi connectivity index (χ0n) is 14.8. The third kappa shape index (κ3) is 4.84. The van der Waals surface area contributed by atoms with Crippen molar-refractivity contribution in [1.29, 1.82) is 0 Å². The van der Waals surface area contributed by atoms with Crippen molar-refractivity contribution in [2.24, 2.45) is 4.99 Å². The van der Waals surface area contributed by atoms with Gasteiger partial charge in [0, 0.05) is 29.7 Å². The second kappa shape index (κ2) is 8.83. The molecule has 0 aliphatic heterocycles. The highest BCUT2D eigenvalue weighted by atomic mass is 35.5. The summed E-state index contributed by atoms with van der Waals surface area (Å²) in [6.07, 6.45) is 1.89. The van der Waals surface area contributed by atoms with Crippen molar-refractivity contribution < 1.29 is 0 Å². The van der Waals surface area contributed by atoms with Crippen LogP contribution in [0.2, 0.25) is 5.02 Å². The van der Waals surface area contributed by atoms with E-state index in [0.29, 0.717) is 13.1 Å². The minimum absolute atomic E-state index is 0.664. The van der Waals surface area contributed by atoms with Gasteiger partial charge >= 0.3 is 0 Å². The summed E-state index contributed by atoms with van der Waals surface area (Å²) in [5.41, 5.74) is 3.53. The molecule has 26 heavy (non-hydrogen) atoms. The molecule has 1 heterocycles. The van der Waals surface area contributed by atoms with Crippen LogP contribution < -0.4 is 10.6 Å². The molecule has 0 fully saturated rings. The molecule has 0 atom stereocenters. The fourth-order valence-corrected chi connectivity index (χ4v) is 3.48. The van der Waals surface area contributed by atoms with E-state index in [-0.39, 0.29) is 0 Å². The number of thiazole rings is 1. The van der Waals surface area contributed by atoms with Gasteiger partial charge in [-0.3, -0.25) is 4.99 Å². The molecule has 0 bridgehead atoms. The Morgan fingerprint density at radius 3 is 2.50 bits per heavy atom. The van der Waals surface area contributed by atoms with Crippen LogP contribution >= 0.6 is 22.9 Å². The van der Waals surface area contributed by atoms with Crippen molar-refractivity contribution in [1.82, 2.24) is 15.6 Å². The molecule has 3 aromatic rings. The fourth-order valence-electron chi connectivity index (χ4n) is 2.63. The lowest BCUT2D eigenvalue weighted by molar-refractivity contribution is 0.806. The van der Waals surface area contributed by atoms with Gasteiger partial charge in [0.1, 0.15) is 5.01 Å². The first kappa shape index (κ1) is 18.4. The molecule has 0 radical (unpaired) electrons. The van der Waals surface area contributed by atoms with Gasteiger partial charge in [0.25, 0.3) is 0 Å². The van der Waals surface area contributed by atoms with Crippen LogP contribution in [0.3, 0.4) is 0 Å². The van der Waals surface area contributed by atoms with Crippen LogP contribution in [-0.4, -0.2) is 18.0 Å². The summed E-state index contributed by atoms with van der Waals surface area (Å²) in [5.74, 6) is 0.753. The Hall–Kier alpha value is -2.37. The number of rotatable bonds is 5. The average molecular weight is 385 g/mol. The summed E-state index contributed by atoms with van der Waals surface area (Å²) in [4.78, 5) is 9.87. The summed E-state index contributed by atoms with van der Waals surface area (Å²) in [6, 6.07) is 16.2. The van der Waals surface area contributed by atoms with Crippen molar-refractivity contribution in [2.45, 2.75) is 20.0 Å². The standard InChI is InChI=1S/C20H21ClN4S/c1-14-11-23-19(26-14)13-25-20(22-2)24-12-16-5-3-4-6-18(16)15-7-9-17(21)10-8-15/h3-11H,12-13H2,1-2H3,(H2,22,24,25). The van der Waals surface area contributed by atoms with Crippen LogP contribution in [0.5, 0.6) is 0 Å². The molecule has 0 aliphatic rings. The molecule has 4 nitrogen and oxygen atoms in total. The number of aryl methyl sites for hydroxylation is 1. The molecule has 134 valence electrons. The van der Waals surface area contributed by atoms with Crippen LogP contribution in [0.25, 0.3) is 11.1 Å². The molecule has 0 aliphatic carbocycles. The number of guanidine groups is 1. The van der Waals surface area contributed by atoms with Gasteiger partial charge in [-0.25, -0.2) is 4.98 Å². The maximum atomic E-state index is 6.01. The lowest BCUT2D eigenvalue weighted by atomic mass is 10.00. The van der Waals surface area contributed by atoms with E-state index in [9.17, 15) is 0 Å². The van der Waals surface area contributed by atoms with Gasteiger partial charge in [-0.1, -0.05) is 48.0 Å². The molecule has 0 unspecified atom stereocenters. The number of aliphatic imine (C=N–C) groups is 1. The zero-order chi connectivity index (χ0) is 18.4. The zero-order valence-corrected chi connectivity index (χ0v) is 16.4. The molecule has 0 amide bonds. The quantitative estimate of drug-likeness (QED) is 0.497. The molecule has 1 aromatic heterocycles. The van der Waals surface area contributed by atoms with Crippen molar-refractivity contribution >= 4 is 28.9 Å². The number of benzene rings is 2. The highest BCUT2D eigenvalue weighted by Gasteiger charge is 2.06. The van der Waals surface area contributed by atoms with Crippen LogP contribution in [0, 0.1) is 6.92 Å². The normalized spacial score (nSPS) is 11.4. The van der Waals surface area contributed by atoms with E-state index in [2.05, 4.69) is 39.7 Å². The Kier molecular flexibility index (Phi) is 6.26. The van der Waals surface area contributed by atoms with E-state index in [1.165, 1.54) is 16.0 Å². The van der Waals surface area contributed by atoms with E-state index >= 15 is 0 Å². The molecule has 3 rings (SSSR count). The van der Waals surface area contributed by atoms with E-state index in [1.807, 2.05) is 42.6 Å². The molecule has 2 aromatic carbocycles. The number of hydrogen-bond donors (Lipinski definition) is 2. The fraction of sp³-hybridized carbons (Fsp3) is 0.200. The summed E-state index contributed by atoms with van der Waals surface area (Å²) in [7, 11) is 1.77. The Labute approximate surface area is 163 Å². The van der Waals surface area contributed by atoms with E-state index in [4.69, 9.17) is 11.6 Å². The number of nitrogens with one attached hydrogen (secondary N) is 2. The average Bonchev–Trinajstić information content (AvgIpc) is 3.08. The predicted octanol–water partition coefficient (Wildman–Crippen LogP) is 4.64. The second-order valence-electron chi connectivity index (χ2n) is 5.81. The van der Waals surface area contributed by atoms with Crippen molar-refractivity contribution in [3.05, 3.63) is 75.2 Å². The number of nitrogens with zero attached hydrogens (tertiary/aromatic N) is 2. The topological polar surface area (TPSA) is 49.3 Å². The molecular weight excluding hydrogens is 364 g/mol. The highest BCUT2D eigenvalue weighted by Crippen LogP contribution is 2.25. The lowest BCUT2D eigenvalue weighted by Gasteiger charge is -2.14. The molecule has 0 saturated carbocycles.